The van der Waals surface area contributed by atoms with Gasteiger partial charge >= 0.3 is 0 Å². The fourth-order valence-corrected chi connectivity index (χ4v) is 3.41. The largest absolute Gasteiger partial charge is 0.497 e. The van der Waals surface area contributed by atoms with E-state index in [1.807, 2.05) is 42.5 Å². The van der Waals surface area contributed by atoms with Gasteiger partial charge in [-0.1, -0.05) is 24.3 Å². The zero-order chi connectivity index (χ0) is 18.9. The lowest BCUT2D eigenvalue weighted by atomic mass is 10.1. The second-order valence-corrected chi connectivity index (χ2v) is 7.13. The number of benzene rings is 2. The van der Waals surface area contributed by atoms with Crippen LogP contribution in [0.15, 0.2) is 66.1 Å². The average molecular weight is 382 g/mol. The van der Waals surface area contributed by atoms with E-state index in [9.17, 15) is 4.79 Å². The molecule has 7 heteroatoms. The summed E-state index contributed by atoms with van der Waals surface area (Å²) in [5.74, 6) is 1.63. The molecule has 3 aromatic rings. The third-order valence-electron chi connectivity index (χ3n) is 3.95. The van der Waals surface area contributed by atoms with Crippen molar-refractivity contribution < 1.29 is 9.53 Å². The molecule has 0 fully saturated rings. The Hall–Kier alpha value is -2.80. The second-order valence-electron chi connectivity index (χ2n) is 5.96. The molecule has 0 saturated carbocycles. The molecule has 2 aromatic carbocycles. The number of amides is 1. The van der Waals surface area contributed by atoms with Crippen molar-refractivity contribution in [1.29, 1.82) is 0 Å². The average Bonchev–Trinajstić information content (AvgIpc) is 3.20. The molecule has 0 bridgehead atoms. The number of methoxy groups -OCH3 is 1. The van der Waals surface area contributed by atoms with Crippen molar-refractivity contribution in [2.45, 2.75) is 24.4 Å². The Kier molecular flexibility index (Phi) is 6.87. The Morgan fingerprint density at radius 2 is 2.00 bits per heavy atom. The Morgan fingerprint density at radius 3 is 2.74 bits per heavy atom. The first-order chi connectivity index (χ1) is 13.2. The van der Waals surface area contributed by atoms with Crippen molar-refractivity contribution in [3.05, 3.63) is 72.3 Å². The van der Waals surface area contributed by atoms with Crippen LogP contribution in [0.4, 0.5) is 0 Å². The molecular weight excluding hydrogens is 360 g/mol. The number of carbonyl (C=O) groups excluding carboxylic acids is 1. The number of thioether (sulfide) groups is 1. The Labute approximate surface area is 163 Å². The highest BCUT2D eigenvalue weighted by Gasteiger charge is 2.04. The molecule has 0 saturated heterocycles. The van der Waals surface area contributed by atoms with Gasteiger partial charge in [-0.3, -0.25) is 4.79 Å². The van der Waals surface area contributed by atoms with E-state index in [-0.39, 0.29) is 5.91 Å². The molecule has 140 valence electrons. The number of nitrogens with zero attached hydrogens (tertiary/aromatic N) is 3. The summed E-state index contributed by atoms with van der Waals surface area (Å²) in [5, 5.41) is 7.09. The van der Waals surface area contributed by atoms with Crippen LogP contribution in [0.1, 0.15) is 17.5 Å². The van der Waals surface area contributed by atoms with Crippen molar-refractivity contribution in [3.63, 3.8) is 0 Å². The monoisotopic (exact) mass is 382 g/mol. The van der Waals surface area contributed by atoms with Gasteiger partial charge in [-0.05, 0) is 35.4 Å². The third-order valence-corrected chi connectivity index (χ3v) is 4.96. The van der Waals surface area contributed by atoms with Gasteiger partial charge in [0, 0.05) is 23.6 Å². The van der Waals surface area contributed by atoms with Crippen molar-refractivity contribution >= 4 is 17.7 Å². The lowest BCUT2D eigenvalue weighted by Gasteiger charge is -2.08. The molecule has 0 atom stereocenters. The van der Waals surface area contributed by atoms with Gasteiger partial charge < -0.3 is 10.1 Å². The molecule has 6 nitrogen and oxygen atoms in total. The first-order valence-electron chi connectivity index (χ1n) is 8.67. The lowest BCUT2D eigenvalue weighted by Crippen LogP contribution is -2.23. The minimum Gasteiger partial charge on any atom is -0.497 e. The molecule has 1 N–H and O–H groups in total. The summed E-state index contributed by atoms with van der Waals surface area (Å²) in [6.45, 7) is 1.19. The van der Waals surface area contributed by atoms with Crippen molar-refractivity contribution in [1.82, 2.24) is 20.1 Å². The van der Waals surface area contributed by atoms with Gasteiger partial charge in [0.05, 0.1) is 13.7 Å². The minimum absolute atomic E-state index is 0.0534. The summed E-state index contributed by atoms with van der Waals surface area (Å²) in [5.41, 5.74) is 2.20. The SMILES string of the molecule is COc1ccc(SCCC(=O)NCc2cccc(Cn3cncn3)c2)cc1. The molecule has 1 aromatic heterocycles. The number of rotatable bonds is 9. The van der Waals surface area contributed by atoms with Crippen LogP contribution in [0.2, 0.25) is 0 Å². The molecule has 27 heavy (non-hydrogen) atoms. The van der Waals surface area contributed by atoms with Crippen molar-refractivity contribution in [3.8, 4) is 5.75 Å². The smallest absolute Gasteiger partial charge is 0.221 e. The van der Waals surface area contributed by atoms with Crippen LogP contribution in [0.5, 0.6) is 5.75 Å². The van der Waals surface area contributed by atoms with E-state index >= 15 is 0 Å². The van der Waals surface area contributed by atoms with Crippen LogP contribution >= 0.6 is 11.8 Å². The number of nitrogens with one attached hydrogen (secondary N) is 1. The van der Waals surface area contributed by atoms with Crippen LogP contribution in [0, 0.1) is 0 Å². The first kappa shape index (κ1) is 19.0. The van der Waals surface area contributed by atoms with Crippen LogP contribution in [-0.2, 0) is 17.9 Å². The summed E-state index contributed by atoms with van der Waals surface area (Å²) in [6.07, 6.45) is 3.69. The molecule has 0 aliphatic rings. The molecule has 0 aliphatic heterocycles. The summed E-state index contributed by atoms with van der Waals surface area (Å²) in [4.78, 5) is 17.2. The van der Waals surface area contributed by atoms with Crippen LogP contribution < -0.4 is 10.1 Å². The molecular formula is C20H22N4O2S. The van der Waals surface area contributed by atoms with Crippen molar-refractivity contribution in [2.75, 3.05) is 12.9 Å². The first-order valence-corrected chi connectivity index (χ1v) is 9.65. The van der Waals surface area contributed by atoms with E-state index < -0.39 is 0 Å². The molecule has 0 radical (unpaired) electrons. The fraction of sp³-hybridized carbons (Fsp3) is 0.250. The number of carbonyl (C=O) groups is 1. The highest BCUT2D eigenvalue weighted by molar-refractivity contribution is 7.99. The molecule has 0 aliphatic carbocycles. The van der Waals surface area contributed by atoms with Crippen LogP contribution in [-0.4, -0.2) is 33.5 Å². The van der Waals surface area contributed by atoms with Gasteiger partial charge in [0.15, 0.2) is 0 Å². The summed E-state index contributed by atoms with van der Waals surface area (Å²) in [6, 6.07) is 16.0. The van der Waals surface area contributed by atoms with Gasteiger partial charge in [0.25, 0.3) is 0 Å². The predicted molar refractivity (Wildman–Crippen MR) is 106 cm³/mol. The molecule has 0 spiro atoms. The zero-order valence-corrected chi connectivity index (χ0v) is 16.0. The molecule has 1 amide bonds. The van der Waals surface area contributed by atoms with E-state index in [0.717, 1.165) is 27.5 Å². The fourth-order valence-electron chi connectivity index (χ4n) is 2.56. The molecule has 0 unspecified atom stereocenters. The molecule has 1 heterocycles. The summed E-state index contributed by atoms with van der Waals surface area (Å²) in [7, 11) is 1.65. The Morgan fingerprint density at radius 1 is 1.19 bits per heavy atom. The number of ether oxygens (including phenoxy) is 1. The number of aromatic nitrogens is 3. The summed E-state index contributed by atoms with van der Waals surface area (Å²) >= 11 is 1.66. The van der Waals surface area contributed by atoms with Gasteiger partial charge in [0.2, 0.25) is 5.91 Å². The molecule has 3 rings (SSSR count). The number of hydrogen-bond donors (Lipinski definition) is 1. The zero-order valence-electron chi connectivity index (χ0n) is 15.2. The van der Waals surface area contributed by atoms with E-state index in [2.05, 4.69) is 21.5 Å². The van der Waals surface area contributed by atoms with Gasteiger partial charge in [-0.15, -0.1) is 11.8 Å². The maximum atomic E-state index is 12.1. The van der Waals surface area contributed by atoms with Crippen LogP contribution in [0.25, 0.3) is 0 Å². The Balaban J connectivity index is 1.40. The Bertz CT molecular complexity index is 851. The van der Waals surface area contributed by atoms with E-state index in [0.29, 0.717) is 19.5 Å². The lowest BCUT2D eigenvalue weighted by molar-refractivity contribution is -0.120. The normalized spacial score (nSPS) is 10.6. The maximum absolute atomic E-state index is 12.1. The van der Waals surface area contributed by atoms with E-state index in [1.165, 1.54) is 6.33 Å². The minimum atomic E-state index is 0.0534. The van der Waals surface area contributed by atoms with E-state index in [1.54, 1.807) is 29.9 Å². The van der Waals surface area contributed by atoms with Gasteiger partial charge in [0.1, 0.15) is 18.4 Å². The van der Waals surface area contributed by atoms with Gasteiger partial charge in [-0.2, -0.15) is 5.10 Å². The third kappa shape index (κ3) is 6.14. The quantitative estimate of drug-likeness (QED) is 0.576. The maximum Gasteiger partial charge on any atom is 0.221 e. The van der Waals surface area contributed by atoms with E-state index in [4.69, 9.17) is 4.74 Å². The van der Waals surface area contributed by atoms with Gasteiger partial charge in [-0.25, -0.2) is 9.67 Å². The summed E-state index contributed by atoms with van der Waals surface area (Å²) < 4.78 is 6.91. The van der Waals surface area contributed by atoms with Crippen LogP contribution in [0.3, 0.4) is 0 Å². The standard InChI is InChI=1S/C20H22N4O2S/c1-26-18-5-7-19(8-6-18)27-10-9-20(25)22-12-16-3-2-4-17(11-16)13-24-15-21-14-23-24/h2-8,11,14-15H,9-10,12-13H2,1H3,(H,22,25). The second kappa shape index (κ2) is 9.78. The number of hydrogen-bond acceptors (Lipinski definition) is 5. The highest BCUT2D eigenvalue weighted by atomic mass is 32.2. The van der Waals surface area contributed by atoms with Crippen molar-refractivity contribution in [2.24, 2.45) is 0 Å². The highest BCUT2D eigenvalue weighted by Crippen LogP contribution is 2.21. The topological polar surface area (TPSA) is 69.0 Å². The predicted octanol–water partition coefficient (Wildman–Crippen LogP) is 3.13.